The zero-order valence-corrected chi connectivity index (χ0v) is 10.9. The predicted molar refractivity (Wildman–Crippen MR) is 74.4 cm³/mol. The molecule has 0 spiro atoms. The van der Waals surface area contributed by atoms with E-state index in [2.05, 4.69) is 39.6 Å². The molecule has 0 bridgehead atoms. The highest BCUT2D eigenvalue weighted by Crippen LogP contribution is 2.37. The van der Waals surface area contributed by atoms with Crippen molar-refractivity contribution in [2.24, 2.45) is 0 Å². The molecule has 1 aliphatic carbocycles. The van der Waals surface area contributed by atoms with Gasteiger partial charge in [-0.05, 0) is 18.4 Å². The number of fused-ring (bicyclic) bond motifs is 3. The third-order valence-corrected chi connectivity index (χ3v) is 4.09. The van der Waals surface area contributed by atoms with Crippen LogP contribution in [0.1, 0.15) is 11.1 Å². The van der Waals surface area contributed by atoms with Gasteiger partial charge in [0.15, 0.2) is 0 Å². The lowest BCUT2D eigenvalue weighted by Gasteiger charge is -2.27. The van der Waals surface area contributed by atoms with Gasteiger partial charge in [0.2, 0.25) is 5.88 Å². The average Bonchev–Trinajstić information content (AvgIpc) is 2.92. The van der Waals surface area contributed by atoms with Crippen molar-refractivity contribution in [2.75, 3.05) is 31.1 Å². The zero-order valence-electron chi connectivity index (χ0n) is 10.9. The molecule has 0 saturated carbocycles. The van der Waals surface area contributed by atoms with E-state index in [1.54, 1.807) is 0 Å². The summed E-state index contributed by atoms with van der Waals surface area (Å²) in [6.45, 7) is 4.05. The van der Waals surface area contributed by atoms with Crippen molar-refractivity contribution >= 4 is 5.88 Å². The molecular formula is C15H17N3O. The molecule has 1 N–H and O–H groups in total. The van der Waals surface area contributed by atoms with Crippen LogP contribution in [0, 0.1) is 0 Å². The van der Waals surface area contributed by atoms with E-state index in [1.807, 2.05) is 0 Å². The highest BCUT2D eigenvalue weighted by molar-refractivity contribution is 5.73. The van der Waals surface area contributed by atoms with Crippen LogP contribution in [0.3, 0.4) is 0 Å². The van der Waals surface area contributed by atoms with Crippen molar-refractivity contribution in [1.29, 1.82) is 0 Å². The first-order valence-electron chi connectivity index (χ1n) is 6.96. The summed E-state index contributed by atoms with van der Waals surface area (Å²) in [4.78, 5) is 2.32. The van der Waals surface area contributed by atoms with Gasteiger partial charge in [0, 0.05) is 37.3 Å². The Hall–Kier alpha value is -1.81. The van der Waals surface area contributed by atoms with Gasteiger partial charge in [0.1, 0.15) is 5.69 Å². The van der Waals surface area contributed by atoms with Gasteiger partial charge in [-0.3, -0.25) is 0 Å². The molecule has 4 nitrogen and oxygen atoms in total. The van der Waals surface area contributed by atoms with Crippen molar-refractivity contribution in [1.82, 2.24) is 10.5 Å². The number of piperazine rings is 1. The third kappa shape index (κ3) is 1.75. The first-order chi connectivity index (χ1) is 9.43. The number of aromatic nitrogens is 1. The summed E-state index contributed by atoms with van der Waals surface area (Å²) in [5.74, 6) is 0.992. The molecule has 0 radical (unpaired) electrons. The van der Waals surface area contributed by atoms with E-state index in [-0.39, 0.29) is 0 Å². The zero-order chi connectivity index (χ0) is 12.7. The van der Waals surface area contributed by atoms with Gasteiger partial charge in [-0.2, -0.15) is 0 Å². The van der Waals surface area contributed by atoms with E-state index in [0.717, 1.165) is 50.6 Å². The predicted octanol–water partition coefficient (Wildman–Crippen LogP) is 1.85. The minimum absolute atomic E-state index is 0.992. The molecule has 4 rings (SSSR count). The first kappa shape index (κ1) is 11.1. The van der Waals surface area contributed by atoms with Crippen molar-refractivity contribution in [3.05, 3.63) is 35.4 Å². The summed E-state index contributed by atoms with van der Waals surface area (Å²) in [6.07, 6.45) is 2.12. The van der Waals surface area contributed by atoms with Gasteiger partial charge in [-0.1, -0.05) is 29.4 Å². The molecule has 1 fully saturated rings. The van der Waals surface area contributed by atoms with E-state index < -0.39 is 0 Å². The highest BCUT2D eigenvalue weighted by Gasteiger charge is 2.27. The normalized spacial score (nSPS) is 18.0. The molecule has 1 saturated heterocycles. The van der Waals surface area contributed by atoms with Crippen LogP contribution in [0.2, 0.25) is 0 Å². The molecule has 2 aromatic rings. The number of aryl methyl sites for hydroxylation is 1. The molecule has 2 aliphatic rings. The number of nitrogens with one attached hydrogen (secondary N) is 1. The number of nitrogens with zero attached hydrogens (tertiary/aromatic N) is 2. The van der Waals surface area contributed by atoms with Crippen LogP contribution in [-0.2, 0) is 12.8 Å². The Bertz CT molecular complexity index is 599. The summed E-state index contributed by atoms with van der Waals surface area (Å²) < 4.78 is 5.66. The molecule has 19 heavy (non-hydrogen) atoms. The third-order valence-electron chi connectivity index (χ3n) is 4.09. The number of benzene rings is 1. The lowest BCUT2D eigenvalue weighted by Crippen LogP contribution is -2.43. The van der Waals surface area contributed by atoms with Gasteiger partial charge >= 0.3 is 0 Å². The summed E-state index contributed by atoms with van der Waals surface area (Å²) in [6, 6.07) is 8.52. The SMILES string of the molecule is c1ccc2c(c1)CCc1c-2noc1N1CCNCC1. The van der Waals surface area contributed by atoms with Crippen LogP contribution in [0.5, 0.6) is 0 Å². The fourth-order valence-corrected chi connectivity index (χ4v) is 3.08. The Morgan fingerprint density at radius 1 is 1.11 bits per heavy atom. The van der Waals surface area contributed by atoms with Crippen LogP contribution in [0.4, 0.5) is 5.88 Å². The van der Waals surface area contributed by atoms with Crippen LogP contribution in [-0.4, -0.2) is 31.3 Å². The Morgan fingerprint density at radius 2 is 1.95 bits per heavy atom. The average molecular weight is 255 g/mol. The quantitative estimate of drug-likeness (QED) is 0.844. The smallest absolute Gasteiger partial charge is 0.231 e. The summed E-state index contributed by atoms with van der Waals surface area (Å²) in [5.41, 5.74) is 4.97. The first-order valence-corrected chi connectivity index (χ1v) is 6.96. The van der Waals surface area contributed by atoms with E-state index in [9.17, 15) is 0 Å². The van der Waals surface area contributed by atoms with E-state index >= 15 is 0 Å². The van der Waals surface area contributed by atoms with E-state index in [1.165, 1.54) is 16.7 Å². The topological polar surface area (TPSA) is 41.3 Å². The van der Waals surface area contributed by atoms with Crippen molar-refractivity contribution in [3.63, 3.8) is 0 Å². The lowest BCUT2D eigenvalue weighted by molar-refractivity contribution is 0.408. The maximum atomic E-state index is 5.66. The second kappa shape index (κ2) is 4.38. The molecule has 1 aromatic heterocycles. The molecule has 4 heteroatoms. The summed E-state index contributed by atoms with van der Waals surface area (Å²) >= 11 is 0. The lowest BCUT2D eigenvalue weighted by atomic mass is 9.90. The van der Waals surface area contributed by atoms with Crippen LogP contribution in [0.15, 0.2) is 28.8 Å². The van der Waals surface area contributed by atoms with E-state index in [0.29, 0.717) is 0 Å². The summed E-state index contributed by atoms with van der Waals surface area (Å²) in [5, 5.41) is 7.70. The Kier molecular flexibility index (Phi) is 2.55. The maximum Gasteiger partial charge on any atom is 0.231 e. The number of hydrogen-bond donors (Lipinski definition) is 1. The van der Waals surface area contributed by atoms with Crippen molar-refractivity contribution in [3.8, 4) is 11.3 Å². The monoisotopic (exact) mass is 255 g/mol. The van der Waals surface area contributed by atoms with Crippen LogP contribution >= 0.6 is 0 Å². The van der Waals surface area contributed by atoms with Crippen molar-refractivity contribution in [2.45, 2.75) is 12.8 Å². The molecule has 0 unspecified atom stereocenters. The Labute approximate surface area is 112 Å². The minimum Gasteiger partial charge on any atom is -0.338 e. The van der Waals surface area contributed by atoms with Crippen LogP contribution < -0.4 is 10.2 Å². The fraction of sp³-hybridized carbons (Fsp3) is 0.400. The number of hydrogen-bond acceptors (Lipinski definition) is 4. The Morgan fingerprint density at radius 3 is 2.84 bits per heavy atom. The fourth-order valence-electron chi connectivity index (χ4n) is 3.08. The number of anilines is 1. The van der Waals surface area contributed by atoms with Crippen LogP contribution in [0.25, 0.3) is 11.3 Å². The molecule has 1 aromatic carbocycles. The molecule has 2 heterocycles. The second-order valence-electron chi connectivity index (χ2n) is 5.21. The van der Waals surface area contributed by atoms with Gasteiger partial charge in [-0.15, -0.1) is 0 Å². The molecule has 0 amide bonds. The molecule has 0 atom stereocenters. The van der Waals surface area contributed by atoms with Gasteiger partial charge in [-0.25, -0.2) is 0 Å². The molecule has 1 aliphatic heterocycles. The highest BCUT2D eigenvalue weighted by atomic mass is 16.5. The largest absolute Gasteiger partial charge is 0.338 e. The second-order valence-corrected chi connectivity index (χ2v) is 5.21. The standard InChI is InChI=1S/C15H17N3O/c1-2-4-12-11(3-1)5-6-13-14(12)17-19-15(13)18-9-7-16-8-10-18/h1-4,16H,5-10H2. The maximum absolute atomic E-state index is 5.66. The minimum atomic E-state index is 0.992. The molecule has 98 valence electrons. The Balaban J connectivity index is 1.77. The van der Waals surface area contributed by atoms with E-state index in [4.69, 9.17) is 4.52 Å². The van der Waals surface area contributed by atoms with Gasteiger partial charge in [0.25, 0.3) is 0 Å². The van der Waals surface area contributed by atoms with Gasteiger partial charge < -0.3 is 14.7 Å². The van der Waals surface area contributed by atoms with Crippen molar-refractivity contribution < 1.29 is 4.52 Å². The van der Waals surface area contributed by atoms with Gasteiger partial charge in [0.05, 0.1) is 0 Å². The molecular weight excluding hydrogens is 238 g/mol. The number of rotatable bonds is 1. The summed E-state index contributed by atoms with van der Waals surface area (Å²) in [7, 11) is 0.